The Balaban J connectivity index is 1.42. The quantitative estimate of drug-likeness (QED) is 0.424. The van der Waals surface area contributed by atoms with E-state index in [4.69, 9.17) is 11.5 Å². The summed E-state index contributed by atoms with van der Waals surface area (Å²) in [5.74, 6) is -0.158. The van der Waals surface area contributed by atoms with Crippen LogP contribution in [-0.4, -0.2) is 11.8 Å². The SMILES string of the molecule is CC1c2cc(CN)ccc2[NH2+]C1C=C1C(=O)C(C=C2Nc3ccc(CN)cc3C2(C)C)=C1[O-]. The normalized spacial score (nSPS) is 25.3. The maximum atomic E-state index is 13.0. The number of benzene rings is 2. The molecule has 3 aliphatic rings. The van der Waals surface area contributed by atoms with E-state index in [1.54, 1.807) is 6.08 Å². The van der Waals surface area contributed by atoms with Gasteiger partial charge in [-0.05, 0) is 47.0 Å². The molecule has 6 nitrogen and oxygen atoms in total. The monoisotopic (exact) mass is 442 g/mol. The van der Waals surface area contributed by atoms with Crippen LogP contribution in [0.5, 0.6) is 0 Å². The predicted molar refractivity (Wildman–Crippen MR) is 127 cm³/mol. The van der Waals surface area contributed by atoms with E-state index in [0.717, 1.165) is 33.8 Å². The van der Waals surface area contributed by atoms with Gasteiger partial charge in [0, 0.05) is 52.5 Å². The molecule has 2 atom stereocenters. The highest BCUT2D eigenvalue weighted by molar-refractivity contribution is 6.20. The van der Waals surface area contributed by atoms with Crippen LogP contribution in [0.4, 0.5) is 11.4 Å². The van der Waals surface area contributed by atoms with E-state index in [9.17, 15) is 9.90 Å². The molecule has 7 N–H and O–H groups in total. The number of fused-ring (bicyclic) bond motifs is 2. The lowest BCUT2D eigenvalue weighted by atomic mass is 9.79. The van der Waals surface area contributed by atoms with Crippen molar-refractivity contribution in [1.29, 1.82) is 0 Å². The molecule has 0 aromatic heterocycles. The van der Waals surface area contributed by atoms with Crippen LogP contribution in [-0.2, 0) is 23.3 Å². The van der Waals surface area contributed by atoms with Crippen molar-refractivity contribution in [3.8, 4) is 0 Å². The van der Waals surface area contributed by atoms with Crippen molar-refractivity contribution in [3.63, 3.8) is 0 Å². The minimum atomic E-state index is -0.344. The van der Waals surface area contributed by atoms with Crippen LogP contribution in [0.2, 0.25) is 0 Å². The second-order valence-electron chi connectivity index (χ2n) is 9.74. The number of ketones is 1. The number of nitrogens with two attached hydrogens (primary N) is 3. The first-order valence-corrected chi connectivity index (χ1v) is 11.4. The minimum Gasteiger partial charge on any atom is -0.871 e. The highest BCUT2D eigenvalue weighted by atomic mass is 16.3. The zero-order valence-electron chi connectivity index (χ0n) is 19.2. The molecule has 0 fully saturated rings. The van der Waals surface area contributed by atoms with Crippen LogP contribution in [0, 0.1) is 0 Å². The lowest BCUT2D eigenvalue weighted by molar-refractivity contribution is -0.591. The zero-order chi connectivity index (χ0) is 23.5. The molecule has 5 rings (SSSR count). The van der Waals surface area contributed by atoms with Crippen molar-refractivity contribution in [2.45, 2.75) is 51.2 Å². The molecule has 0 radical (unpaired) electrons. The molecule has 2 unspecified atom stereocenters. The van der Waals surface area contributed by atoms with Gasteiger partial charge in [0.15, 0.2) is 5.78 Å². The van der Waals surface area contributed by atoms with Crippen molar-refractivity contribution < 1.29 is 15.2 Å². The van der Waals surface area contributed by atoms with Gasteiger partial charge in [0.05, 0.1) is 0 Å². The van der Waals surface area contributed by atoms with Gasteiger partial charge >= 0.3 is 0 Å². The number of anilines is 1. The summed E-state index contributed by atoms with van der Waals surface area (Å²) in [6.07, 6.45) is 3.57. The van der Waals surface area contributed by atoms with Gasteiger partial charge in [0.2, 0.25) is 0 Å². The molecule has 2 aromatic rings. The number of rotatable bonds is 4. The average Bonchev–Trinajstić information content (AvgIpc) is 3.27. The Morgan fingerprint density at radius 2 is 1.82 bits per heavy atom. The first kappa shape index (κ1) is 21.6. The Hall–Kier alpha value is -3.19. The standard InChI is InChI=1S/C27H30N4O2/c1-14-17-8-15(12-28)4-6-21(17)30-23(14)10-18-25(32)19(26(18)33)11-24-27(2,3)20-9-16(13-29)5-7-22(20)31-24/h4-11,14,23,30-32H,12-13,28-29H2,1-3H3. The van der Waals surface area contributed by atoms with Crippen LogP contribution in [0.15, 0.2) is 71.2 Å². The fourth-order valence-corrected chi connectivity index (χ4v) is 5.11. The fraction of sp³-hybridized carbons (Fsp3) is 0.296. The van der Waals surface area contributed by atoms with Crippen molar-refractivity contribution in [2.24, 2.45) is 11.5 Å². The first-order valence-electron chi connectivity index (χ1n) is 11.4. The average molecular weight is 443 g/mol. The first-order chi connectivity index (χ1) is 15.7. The molecule has 2 aromatic carbocycles. The molecular formula is C27H30N4O2. The molecule has 0 saturated carbocycles. The topological polar surface area (TPSA) is 121 Å². The fourth-order valence-electron chi connectivity index (χ4n) is 5.11. The minimum absolute atomic E-state index is 0.0186. The zero-order valence-corrected chi connectivity index (χ0v) is 19.2. The van der Waals surface area contributed by atoms with Crippen LogP contribution in [0.3, 0.4) is 0 Å². The number of nitrogens with one attached hydrogen (secondary N) is 1. The molecule has 0 saturated heterocycles. The summed E-state index contributed by atoms with van der Waals surface area (Å²) in [5, 5.41) is 18.5. The molecular weight excluding hydrogens is 412 g/mol. The van der Waals surface area contributed by atoms with E-state index in [2.05, 4.69) is 49.6 Å². The number of Topliss-reactive ketones (excluding diaryl/α,β-unsaturated/α-hetero) is 1. The van der Waals surface area contributed by atoms with E-state index in [1.165, 1.54) is 5.56 Å². The molecule has 6 heteroatoms. The van der Waals surface area contributed by atoms with Crippen molar-refractivity contribution in [1.82, 2.24) is 0 Å². The smallest absolute Gasteiger partial charge is 0.191 e. The molecule has 0 spiro atoms. The number of carbonyl (C=O) groups is 1. The third-order valence-electron chi connectivity index (χ3n) is 7.39. The lowest BCUT2D eigenvalue weighted by Gasteiger charge is -2.31. The largest absolute Gasteiger partial charge is 0.871 e. The van der Waals surface area contributed by atoms with Gasteiger partial charge < -0.3 is 27.2 Å². The Kier molecular flexibility index (Phi) is 5.05. The molecule has 33 heavy (non-hydrogen) atoms. The van der Waals surface area contributed by atoms with Crippen molar-refractivity contribution in [3.05, 3.63) is 93.4 Å². The summed E-state index contributed by atoms with van der Waals surface area (Å²) < 4.78 is 0. The third-order valence-corrected chi connectivity index (χ3v) is 7.39. The number of carbonyl (C=O) groups excluding carboxylic acids is 1. The van der Waals surface area contributed by atoms with Crippen LogP contribution < -0.4 is 27.2 Å². The van der Waals surface area contributed by atoms with E-state index in [-0.39, 0.29) is 34.5 Å². The summed E-state index contributed by atoms with van der Waals surface area (Å²) in [4.78, 5) is 13.0. The van der Waals surface area contributed by atoms with E-state index < -0.39 is 0 Å². The van der Waals surface area contributed by atoms with Crippen LogP contribution in [0.1, 0.15) is 48.9 Å². The molecule has 1 aliphatic carbocycles. The molecule has 2 heterocycles. The molecule has 0 amide bonds. The summed E-state index contributed by atoms with van der Waals surface area (Å²) in [7, 11) is 0. The van der Waals surface area contributed by atoms with Gasteiger partial charge in [0.1, 0.15) is 11.7 Å². The Bertz CT molecular complexity index is 1270. The number of hydrogen-bond acceptors (Lipinski definition) is 5. The summed E-state index contributed by atoms with van der Waals surface area (Å²) in [6, 6.07) is 12.3. The summed E-state index contributed by atoms with van der Waals surface area (Å²) in [5.41, 5.74) is 19.3. The second kappa shape index (κ2) is 7.70. The van der Waals surface area contributed by atoms with Crippen LogP contribution >= 0.6 is 0 Å². The van der Waals surface area contributed by atoms with Gasteiger partial charge in [-0.25, -0.2) is 0 Å². The lowest BCUT2D eigenvalue weighted by Crippen LogP contribution is -2.82. The Morgan fingerprint density at radius 3 is 2.52 bits per heavy atom. The van der Waals surface area contributed by atoms with Crippen molar-refractivity contribution >= 4 is 17.2 Å². The Labute approximate surface area is 194 Å². The van der Waals surface area contributed by atoms with E-state index >= 15 is 0 Å². The molecule has 0 bridgehead atoms. The van der Waals surface area contributed by atoms with Gasteiger partial charge in [-0.2, -0.15) is 0 Å². The predicted octanol–water partition coefficient (Wildman–Crippen LogP) is 1.70. The van der Waals surface area contributed by atoms with Crippen LogP contribution in [0.25, 0.3) is 0 Å². The summed E-state index contributed by atoms with van der Waals surface area (Å²) in [6.45, 7) is 7.27. The molecule has 170 valence electrons. The van der Waals surface area contributed by atoms with Gasteiger partial charge in [-0.15, -0.1) is 0 Å². The second-order valence-corrected chi connectivity index (χ2v) is 9.74. The molecule has 2 aliphatic heterocycles. The third kappa shape index (κ3) is 3.33. The number of quaternary nitrogens is 1. The van der Waals surface area contributed by atoms with E-state index in [0.29, 0.717) is 18.7 Å². The highest BCUT2D eigenvalue weighted by Gasteiger charge is 2.38. The van der Waals surface area contributed by atoms with Gasteiger partial charge in [-0.1, -0.05) is 44.7 Å². The highest BCUT2D eigenvalue weighted by Crippen LogP contribution is 2.45. The van der Waals surface area contributed by atoms with E-state index in [1.807, 2.05) is 24.3 Å². The maximum Gasteiger partial charge on any atom is 0.191 e. The number of allylic oxidation sites excluding steroid dienone is 4. The van der Waals surface area contributed by atoms with Gasteiger partial charge in [-0.3, -0.25) is 4.79 Å². The number of hydrogen-bond donors (Lipinski definition) is 4. The van der Waals surface area contributed by atoms with Gasteiger partial charge in [0.25, 0.3) is 0 Å². The van der Waals surface area contributed by atoms with Crippen molar-refractivity contribution in [2.75, 3.05) is 5.32 Å². The summed E-state index contributed by atoms with van der Waals surface area (Å²) >= 11 is 0. The Morgan fingerprint density at radius 1 is 1.12 bits per heavy atom. The maximum absolute atomic E-state index is 13.0.